The molecular formula is C27H36N2O2. The number of nitrogens with zero attached hydrogens (tertiary/aromatic N) is 2. The van der Waals surface area contributed by atoms with Crippen molar-refractivity contribution in [3.63, 3.8) is 0 Å². The number of amides is 1. The van der Waals surface area contributed by atoms with Crippen LogP contribution in [0.25, 0.3) is 0 Å². The van der Waals surface area contributed by atoms with Crippen LogP contribution in [0.1, 0.15) is 58.8 Å². The first-order valence-corrected chi connectivity index (χ1v) is 11.6. The van der Waals surface area contributed by atoms with Crippen molar-refractivity contribution >= 4 is 11.7 Å². The third-order valence-electron chi connectivity index (χ3n) is 6.49. The summed E-state index contributed by atoms with van der Waals surface area (Å²) in [5, 5.41) is 0. The van der Waals surface area contributed by atoms with E-state index in [-0.39, 0.29) is 11.7 Å². The first-order valence-electron chi connectivity index (χ1n) is 11.6. The van der Waals surface area contributed by atoms with Gasteiger partial charge in [0.2, 0.25) is 5.91 Å². The molecule has 2 aromatic carbocycles. The molecule has 0 aliphatic carbocycles. The predicted octanol–water partition coefficient (Wildman–Crippen LogP) is 4.47. The van der Waals surface area contributed by atoms with Gasteiger partial charge >= 0.3 is 0 Å². The summed E-state index contributed by atoms with van der Waals surface area (Å²) in [6.07, 6.45) is 5.33. The topological polar surface area (TPSA) is 40.6 Å². The minimum atomic E-state index is 0.132. The van der Waals surface area contributed by atoms with Crippen LogP contribution in [-0.2, 0) is 24.1 Å². The number of carbonyl (C=O) groups is 2. The summed E-state index contributed by atoms with van der Waals surface area (Å²) in [6, 6.07) is 14.7. The number of benzene rings is 2. The Kier molecular flexibility index (Phi) is 8.42. The van der Waals surface area contributed by atoms with Gasteiger partial charge in [-0.1, -0.05) is 36.4 Å². The molecule has 0 unspecified atom stereocenters. The molecule has 2 aromatic rings. The number of hydrogen-bond acceptors (Lipinski definition) is 3. The SMILES string of the molecule is CC(=O)N1CCc2ccc(C(=O)CCCCN(C)CCc3ccccc3C)cc2CC1. The first kappa shape index (κ1) is 23.2. The lowest BCUT2D eigenvalue weighted by Gasteiger charge is -2.17. The lowest BCUT2D eigenvalue weighted by atomic mass is 9.97. The van der Waals surface area contributed by atoms with E-state index < -0.39 is 0 Å². The Bertz CT molecular complexity index is 906. The van der Waals surface area contributed by atoms with Gasteiger partial charge in [0.25, 0.3) is 0 Å². The zero-order chi connectivity index (χ0) is 22.2. The smallest absolute Gasteiger partial charge is 0.219 e. The molecule has 0 atom stereocenters. The lowest BCUT2D eigenvalue weighted by Crippen LogP contribution is -2.30. The van der Waals surface area contributed by atoms with Crippen LogP contribution in [0.3, 0.4) is 0 Å². The molecule has 0 saturated heterocycles. The molecule has 0 aromatic heterocycles. The van der Waals surface area contributed by atoms with Crippen LogP contribution in [0.4, 0.5) is 0 Å². The minimum absolute atomic E-state index is 0.132. The molecule has 166 valence electrons. The van der Waals surface area contributed by atoms with Crippen LogP contribution >= 0.6 is 0 Å². The molecule has 0 N–H and O–H groups in total. The number of carbonyl (C=O) groups excluding carboxylic acids is 2. The summed E-state index contributed by atoms with van der Waals surface area (Å²) >= 11 is 0. The average molecular weight is 421 g/mol. The molecule has 1 heterocycles. The summed E-state index contributed by atoms with van der Waals surface area (Å²) in [5.41, 5.74) is 6.10. The predicted molar refractivity (Wildman–Crippen MR) is 127 cm³/mol. The number of hydrogen-bond donors (Lipinski definition) is 0. The standard InChI is InChI=1S/C27H36N2O2/c1-21-8-4-5-9-23(21)13-17-28(3)16-7-6-10-27(31)26-12-11-24-14-18-29(22(2)30)19-15-25(24)20-26/h4-5,8-9,11-12,20H,6-7,10,13-19H2,1-3H3. The summed E-state index contributed by atoms with van der Waals surface area (Å²) in [4.78, 5) is 28.6. The number of rotatable bonds is 9. The van der Waals surface area contributed by atoms with Crippen molar-refractivity contribution in [2.75, 3.05) is 33.2 Å². The van der Waals surface area contributed by atoms with Crippen LogP contribution in [0.15, 0.2) is 42.5 Å². The van der Waals surface area contributed by atoms with Gasteiger partial charge in [-0.2, -0.15) is 0 Å². The van der Waals surface area contributed by atoms with E-state index in [0.717, 1.165) is 63.8 Å². The second-order valence-corrected chi connectivity index (χ2v) is 8.85. The zero-order valence-corrected chi connectivity index (χ0v) is 19.3. The van der Waals surface area contributed by atoms with Crippen LogP contribution in [-0.4, -0.2) is 54.7 Å². The Morgan fingerprint density at radius 1 is 0.968 bits per heavy atom. The average Bonchev–Trinajstić information content (AvgIpc) is 2.98. The third kappa shape index (κ3) is 6.76. The molecule has 1 aliphatic heterocycles. The van der Waals surface area contributed by atoms with Gasteiger partial charge in [-0.05, 0) is 80.9 Å². The van der Waals surface area contributed by atoms with Gasteiger partial charge in [0.1, 0.15) is 0 Å². The first-order chi connectivity index (χ1) is 14.9. The molecule has 0 radical (unpaired) electrons. The molecule has 0 fully saturated rings. The van der Waals surface area contributed by atoms with E-state index in [1.807, 2.05) is 11.0 Å². The number of likely N-dealkylation sites (N-methyl/N-ethyl adjacent to an activating group) is 1. The molecule has 1 amide bonds. The number of aryl methyl sites for hydroxylation is 1. The fourth-order valence-corrected chi connectivity index (χ4v) is 4.34. The van der Waals surface area contributed by atoms with Crippen molar-refractivity contribution in [2.24, 2.45) is 0 Å². The van der Waals surface area contributed by atoms with Crippen LogP contribution in [0.2, 0.25) is 0 Å². The van der Waals surface area contributed by atoms with Gasteiger partial charge in [0.05, 0.1) is 0 Å². The van der Waals surface area contributed by atoms with Crippen molar-refractivity contribution in [3.05, 3.63) is 70.3 Å². The highest BCUT2D eigenvalue weighted by Crippen LogP contribution is 2.19. The summed E-state index contributed by atoms with van der Waals surface area (Å²) in [6.45, 7) is 7.38. The van der Waals surface area contributed by atoms with E-state index in [1.165, 1.54) is 22.3 Å². The number of fused-ring (bicyclic) bond motifs is 1. The van der Waals surface area contributed by atoms with E-state index in [2.05, 4.69) is 55.3 Å². The summed E-state index contributed by atoms with van der Waals surface area (Å²) in [5.74, 6) is 0.367. The molecular weight excluding hydrogens is 384 g/mol. The van der Waals surface area contributed by atoms with Gasteiger partial charge in [-0.25, -0.2) is 0 Å². The summed E-state index contributed by atoms with van der Waals surface area (Å²) in [7, 11) is 2.16. The Hall–Kier alpha value is -2.46. The van der Waals surface area contributed by atoms with Gasteiger partial charge in [0, 0.05) is 38.5 Å². The van der Waals surface area contributed by atoms with Gasteiger partial charge < -0.3 is 9.80 Å². The molecule has 1 aliphatic rings. The molecule has 31 heavy (non-hydrogen) atoms. The van der Waals surface area contributed by atoms with Gasteiger partial charge in [-0.15, -0.1) is 0 Å². The monoisotopic (exact) mass is 420 g/mol. The Balaban J connectivity index is 1.41. The molecule has 0 bridgehead atoms. The maximum Gasteiger partial charge on any atom is 0.219 e. The van der Waals surface area contributed by atoms with Gasteiger partial charge in [-0.3, -0.25) is 9.59 Å². The van der Waals surface area contributed by atoms with E-state index in [4.69, 9.17) is 0 Å². The van der Waals surface area contributed by atoms with Crippen LogP contribution in [0, 0.1) is 6.92 Å². The molecule has 0 saturated carbocycles. The zero-order valence-electron chi connectivity index (χ0n) is 19.3. The normalized spacial score (nSPS) is 13.7. The van der Waals surface area contributed by atoms with E-state index in [1.54, 1.807) is 6.92 Å². The van der Waals surface area contributed by atoms with Crippen LogP contribution < -0.4 is 0 Å². The Labute approximate surface area is 187 Å². The largest absolute Gasteiger partial charge is 0.342 e. The fourth-order valence-electron chi connectivity index (χ4n) is 4.34. The van der Waals surface area contributed by atoms with Crippen molar-refractivity contribution < 1.29 is 9.59 Å². The second kappa shape index (κ2) is 11.2. The molecule has 4 nitrogen and oxygen atoms in total. The fraction of sp³-hybridized carbons (Fsp3) is 0.481. The van der Waals surface area contributed by atoms with Crippen molar-refractivity contribution in [1.82, 2.24) is 9.80 Å². The Morgan fingerprint density at radius 2 is 1.71 bits per heavy atom. The number of Topliss-reactive ketones (excluding diaryl/α,β-unsaturated/α-hetero) is 1. The van der Waals surface area contributed by atoms with Crippen molar-refractivity contribution in [1.29, 1.82) is 0 Å². The highest BCUT2D eigenvalue weighted by molar-refractivity contribution is 5.96. The molecule has 4 heteroatoms. The van der Waals surface area contributed by atoms with E-state index in [9.17, 15) is 9.59 Å². The maximum atomic E-state index is 12.7. The number of ketones is 1. The Morgan fingerprint density at radius 3 is 2.45 bits per heavy atom. The lowest BCUT2D eigenvalue weighted by molar-refractivity contribution is -0.128. The van der Waals surface area contributed by atoms with Crippen molar-refractivity contribution in [2.45, 2.75) is 52.4 Å². The summed E-state index contributed by atoms with van der Waals surface area (Å²) < 4.78 is 0. The van der Waals surface area contributed by atoms with E-state index in [0.29, 0.717) is 6.42 Å². The van der Waals surface area contributed by atoms with E-state index >= 15 is 0 Å². The third-order valence-corrected chi connectivity index (χ3v) is 6.49. The van der Waals surface area contributed by atoms with Crippen LogP contribution in [0.5, 0.6) is 0 Å². The van der Waals surface area contributed by atoms with Crippen molar-refractivity contribution in [3.8, 4) is 0 Å². The molecule has 0 spiro atoms. The highest BCUT2D eigenvalue weighted by atomic mass is 16.2. The second-order valence-electron chi connectivity index (χ2n) is 8.85. The maximum absolute atomic E-state index is 12.7. The minimum Gasteiger partial charge on any atom is -0.342 e. The number of unbranched alkanes of at least 4 members (excludes halogenated alkanes) is 1. The van der Waals surface area contributed by atoms with Gasteiger partial charge in [0.15, 0.2) is 5.78 Å². The molecule has 3 rings (SSSR count). The quantitative estimate of drug-likeness (QED) is 0.444. The highest BCUT2D eigenvalue weighted by Gasteiger charge is 2.17.